The Kier molecular flexibility index (Phi) is 6.62. The molecule has 0 saturated carbocycles. The van der Waals surface area contributed by atoms with Crippen molar-refractivity contribution in [3.63, 3.8) is 0 Å². The van der Waals surface area contributed by atoms with E-state index in [1.807, 2.05) is 13.0 Å². The van der Waals surface area contributed by atoms with Crippen LogP contribution in [-0.4, -0.2) is 54.9 Å². The highest BCUT2D eigenvalue weighted by molar-refractivity contribution is 5.71. The molecule has 0 amide bonds. The summed E-state index contributed by atoms with van der Waals surface area (Å²) >= 11 is 0. The first-order valence-electron chi connectivity index (χ1n) is 7.91. The van der Waals surface area contributed by atoms with E-state index < -0.39 is 11.9 Å². The van der Waals surface area contributed by atoms with Gasteiger partial charge in [-0.15, -0.1) is 5.10 Å². The Morgan fingerprint density at radius 2 is 2.25 bits per heavy atom. The fourth-order valence-electron chi connectivity index (χ4n) is 2.65. The van der Waals surface area contributed by atoms with Gasteiger partial charge in [0.05, 0.1) is 12.5 Å². The zero-order chi connectivity index (χ0) is 17.4. The Morgan fingerprint density at radius 3 is 2.79 bits per heavy atom. The van der Waals surface area contributed by atoms with Crippen LogP contribution in [-0.2, 0) is 11.2 Å². The molecule has 0 bridgehead atoms. The van der Waals surface area contributed by atoms with Crippen LogP contribution in [0, 0.1) is 5.92 Å². The van der Waals surface area contributed by atoms with Gasteiger partial charge in [-0.05, 0) is 34.9 Å². The number of rotatable bonds is 10. The average molecular weight is 334 g/mol. The molecular weight excluding hydrogens is 312 g/mol. The van der Waals surface area contributed by atoms with Crippen molar-refractivity contribution in [2.24, 2.45) is 5.92 Å². The second-order valence-corrected chi connectivity index (χ2v) is 5.53. The molecule has 0 aliphatic heterocycles. The minimum absolute atomic E-state index is 0.0291. The standard InChI is InChI=1S/C15H22N6O3/c1-2-3-11(15(23)24)12(14-18-20-21-19-14)8-10-4-5-13(17-9-10)16-6-7-22/h4-5,9,11-12,22H,2-3,6-8H2,1H3,(H,16,17)(H,23,24)(H,18,19,20,21)/t11-,12-/m0/s1. The number of aromatic amines is 1. The number of aliphatic hydroxyl groups is 1. The summed E-state index contributed by atoms with van der Waals surface area (Å²) in [6, 6.07) is 3.69. The van der Waals surface area contributed by atoms with E-state index in [1.54, 1.807) is 12.3 Å². The van der Waals surface area contributed by atoms with Gasteiger partial charge in [-0.25, -0.2) is 10.1 Å². The number of aliphatic carboxylic acids is 1. The predicted octanol–water partition coefficient (Wildman–Crippen LogP) is 0.826. The van der Waals surface area contributed by atoms with E-state index >= 15 is 0 Å². The lowest BCUT2D eigenvalue weighted by Crippen LogP contribution is -2.25. The molecule has 0 radical (unpaired) electrons. The number of hydrogen-bond acceptors (Lipinski definition) is 7. The van der Waals surface area contributed by atoms with Gasteiger partial charge in [0, 0.05) is 18.7 Å². The van der Waals surface area contributed by atoms with Crippen molar-refractivity contribution in [3.8, 4) is 0 Å². The van der Waals surface area contributed by atoms with Crippen molar-refractivity contribution in [3.05, 3.63) is 29.7 Å². The molecule has 4 N–H and O–H groups in total. The molecule has 130 valence electrons. The third kappa shape index (κ3) is 4.72. The number of H-pyrrole nitrogens is 1. The monoisotopic (exact) mass is 334 g/mol. The maximum Gasteiger partial charge on any atom is 0.307 e. The zero-order valence-electron chi connectivity index (χ0n) is 13.5. The van der Waals surface area contributed by atoms with E-state index in [0.717, 1.165) is 12.0 Å². The number of hydrogen-bond donors (Lipinski definition) is 4. The lowest BCUT2D eigenvalue weighted by atomic mass is 9.83. The molecule has 0 unspecified atom stereocenters. The zero-order valence-corrected chi connectivity index (χ0v) is 13.5. The van der Waals surface area contributed by atoms with Crippen molar-refractivity contribution in [1.29, 1.82) is 0 Å². The second kappa shape index (κ2) is 8.92. The summed E-state index contributed by atoms with van der Waals surface area (Å²) in [5.74, 6) is -0.646. The van der Waals surface area contributed by atoms with Crippen LogP contribution in [0.25, 0.3) is 0 Å². The summed E-state index contributed by atoms with van der Waals surface area (Å²) in [5.41, 5.74) is 0.897. The maximum atomic E-state index is 11.7. The SMILES string of the molecule is CCC[C@H](C(=O)O)[C@H](Cc1ccc(NCCO)nc1)c1nnn[nH]1. The molecule has 24 heavy (non-hydrogen) atoms. The van der Waals surface area contributed by atoms with Crippen molar-refractivity contribution >= 4 is 11.8 Å². The maximum absolute atomic E-state index is 11.7. The molecule has 0 saturated heterocycles. The Morgan fingerprint density at radius 1 is 1.42 bits per heavy atom. The first kappa shape index (κ1) is 17.8. The molecule has 0 aromatic carbocycles. The third-order valence-electron chi connectivity index (χ3n) is 3.81. The lowest BCUT2D eigenvalue weighted by molar-refractivity contribution is -0.142. The number of aromatic nitrogens is 5. The molecule has 2 aromatic heterocycles. The molecule has 0 aliphatic carbocycles. The van der Waals surface area contributed by atoms with Crippen molar-refractivity contribution < 1.29 is 15.0 Å². The first-order valence-corrected chi connectivity index (χ1v) is 7.91. The molecule has 2 aromatic rings. The quantitative estimate of drug-likeness (QED) is 0.501. The lowest BCUT2D eigenvalue weighted by Gasteiger charge is -2.21. The van der Waals surface area contributed by atoms with E-state index in [9.17, 15) is 9.90 Å². The smallest absolute Gasteiger partial charge is 0.307 e. The van der Waals surface area contributed by atoms with Gasteiger partial charge in [0.15, 0.2) is 5.82 Å². The Balaban J connectivity index is 2.17. The van der Waals surface area contributed by atoms with Crippen LogP contribution in [0.4, 0.5) is 5.82 Å². The van der Waals surface area contributed by atoms with Crippen LogP contribution in [0.2, 0.25) is 0 Å². The number of carboxylic acids is 1. The Labute approximate surface area is 139 Å². The van der Waals surface area contributed by atoms with Crippen LogP contribution < -0.4 is 5.32 Å². The summed E-state index contributed by atoms with van der Waals surface area (Å²) in [4.78, 5) is 15.9. The molecule has 2 atom stereocenters. The second-order valence-electron chi connectivity index (χ2n) is 5.53. The van der Waals surface area contributed by atoms with Crippen LogP contribution in [0.15, 0.2) is 18.3 Å². The van der Waals surface area contributed by atoms with Gasteiger partial charge in [-0.1, -0.05) is 19.4 Å². The fourth-order valence-corrected chi connectivity index (χ4v) is 2.65. The number of nitrogens with one attached hydrogen (secondary N) is 2. The van der Waals surface area contributed by atoms with E-state index in [0.29, 0.717) is 31.0 Å². The number of nitrogens with zero attached hydrogens (tertiary/aromatic N) is 4. The molecule has 0 fully saturated rings. The van der Waals surface area contributed by atoms with Crippen molar-refractivity contribution in [2.45, 2.75) is 32.1 Å². The van der Waals surface area contributed by atoms with Gasteiger partial charge >= 0.3 is 5.97 Å². The summed E-state index contributed by atoms with van der Waals surface area (Å²) in [6.07, 6.45) is 3.48. The van der Waals surface area contributed by atoms with Gasteiger partial charge in [-0.3, -0.25) is 4.79 Å². The number of carboxylic acid groups (broad SMARTS) is 1. The molecule has 0 spiro atoms. The van der Waals surface area contributed by atoms with Crippen LogP contribution >= 0.6 is 0 Å². The molecule has 2 heterocycles. The highest BCUT2D eigenvalue weighted by Gasteiger charge is 2.31. The first-order chi connectivity index (χ1) is 11.7. The summed E-state index contributed by atoms with van der Waals surface area (Å²) in [6.45, 7) is 2.41. The van der Waals surface area contributed by atoms with E-state index in [1.165, 1.54) is 0 Å². The van der Waals surface area contributed by atoms with Gasteiger partial charge in [0.2, 0.25) is 0 Å². The van der Waals surface area contributed by atoms with Gasteiger partial charge in [0.25, 0.3) is 0 Å². The highest BCUT2D eigenvalue weighted by atomic mass is 16.4. The molecule has 9 nitrogen and oxygen atoms in total. The van der Waals surface area contributed by atoms with Gasteiger partial charge < -0.3 is 15.5 Å². The minimum Gasteiger partial charge on any atom is -0.481 e. The van der Waals surface area contributed by atoms with E-state index in [-0.39, 0.29) is 12.5 Å². The van der Waals surface area contributed by atoms with Crippen LogP contribution in [0.3, 0.4) is 0 Å². The van der Waals surface area contributed by atoms with Gasteiger partial charge in [-0.2, -0.15) is 0 Å². The van der Waals surface area contributed by atoms with Crippen LogP contribution in [0.5, 0.6) is 0 Å². The summed E-state index contributed by atoms with van der Waals surface area (Å²) < 4.78 is 0. The van der Waals surface area contributed by atoms with E-state index in [2.05, 4.69) is 30.9 Å². The number of pyridine rings is 1. The topological polar surface area (TPSA) is 137 Å². The third-order valence-corrected chi connectivity index (χ3v) is 3.81. The number of aliphatic hydroxyl groups excluding tert-OH is 1. The highest BCUT2D eigenvalue weighted by Crippen LogP contribution is 2.29. The average Bonchev–Trinajstić information content (AvgIpc) is 3.11. The van der Waals surface area contributed by atoms with Crippen molar-refractivity contribution in [1.82, 2.24) is 25.6 Å². The van der Waals surface area contributed by atoms with E-state index in [4.69, 9.17) is 5.11 Å². The largest absolute Gasteiger partial charge is 0.481 e. The predicted molar refractivity (Wildman–Crippen MR) is 86.5 cm³/mol. The Hall–Kier alpha value is -2.55. The van der Waals surface area contributed by atoms with Crippen molar-refractivity contribution in [2.75, 3.05) is 18.5 Å². The van der Waals surface area contributed by atoms with Gasteiger partial charge in [0.1, 0.15) is 5.82 Å². The number of tetrazole rings is 1. The number of anilines is 1. The molecule has 0 aliphatic rings. The Bertz CT molecular complexity index is 617. The molecular formula is C15H22N6O3. The fraction of sp³-hybridized carbons (Fsp3) is 0.533. The molecule has 2 rings (SSSR count). The number of carbonyl (C=O) groups is 1. The normalized spacial score (nSPS) is 13.4. The summed E-state index contributed by atoms with van der Waals surface area (Å²) in [7, 11) is 0. The molecule has 9 heteroatoms. The summed E-state index contributed by atoms with van der Waals surface area (Å²) in [5, 5.41) is 35.1. The van der Waals surface area contributed by atoms with Crippen LogP contribution in [0.1, 0.15) is 37.1 Å². The minimum atomic E-state index is -0.854.